The maximum atomic E-state index is 5.82. The van der Waals surface area contributed by atoms with Crippen LogP contribution in [0, 0.1) is 6.92 Å². The Morgan fingerprint density at radius 3 is 2.85 bits per heavy atom. The summed E-state index contributed by atoms with van der Waals surface area (Å²) in [5, 5.41) is 3.96. The van der Waals surface area contributed by atoms with E-state index in [9.17, 15) is 0 Å². The molecule has 142 valence electrons. The second-order valence-electron chi connectivity index (χ2n) is 6.95. The van der Waals surface area contributed by atoms with Crippen LogP contribution in [-0.2, 0) is 13.1 Å². The van der Waals surface area contributed by atoms with Gasteiger partial charge in [0.1, 0.15) is 12.4 Å². The SMILES string of the molecule is Cc1noc(C2CCCCN2Cc2ccc(OCCn3ccnc3)cc2)n1. The fraction of sp³-hybridized carbons (Fsp3) is 0.450. The highest BCUT2D eigenvalue weighted by Gasteiger charge is 2.28. The van der Waals surface area contributed by atoms with E-state index in [4.69, 9.17) is 9.26 Å². The highest BCUT2D eigenvalue weighted by Crippen LogP contribution is 2.31. The predicted octanol–water partition coefficient (Wildman–Crippen LogP) is 3.38. The Bertz CT molecular complexity index is 828. The molecule has 2 aromatic heterocycles. The van der Waals surface area contributed by atoms with E-state index < -0.39 is 0 Å². The summed E-state index contributed by atoms with van der Waals surface area (Å²) in [5.41, 5.74) is 1.26. The Labute approximate surface area is 159 Å². The zero-order valence-corrected chi connectivity index (χ0v) is 15.6. The number of aryl methyl sites for hydroxylation is 1. The van der Waals surface area contributed by atoms with E-state index in [0.29, 0.717) is 12.4 Å². The van der Waals surface area contributed by atoms with Gasteiger partial charge in [0, 0.05) is 18.9 Å². The number of rotatable bonds is 7. The average molecular weight is 367 g/mol. The molecular weight excluding hydrogens is 342 g/mol. The third kappa shape index (κ3) is 4.54. The highest BCUT2D eigenvalue weighted by molar-refractivity contribution is 5.27. The Kier molecular flexibility index (Phi) is 5.48. The Balaban J connectivity index is 1.34. The Morgan fingerprint density at radius 1 is 1.22 bits per heavy atom. The van der Waals surface area contributed by atoms with E-state index in [-0.39, 0.29) is 6.04 Å². The molecule has 0 N–H and O–H groups in total. The van der Waals surface area contributed by atoms with Gasteiger partial charge in [-0.05, 0) is 44.0 Å². The quantitative estimate of drug-likeness (QED) is 0.638. The molecule has 1 saturated heterocycles. The van der Waals surface area contributed by atoms with Crippen LogP contribution in [0.15, 0.2) is 47.5 Å². The van der Waals surface area contributed by atoms with E-state index >= 15 is 0 Å². The maximum absolute atomic E-state index is 5.82. The molecule has 0 saturated carbocycles. The fourth-order valence-electron chi connectivity index (χ4n) is 3.52. The van der Waals surface area contributed by atoms with Gasteiger partial charge < -0.3 is 13.8 Å². The van der Waals surface area contributed by atoms with Gasteiger partial charge in [-0.2, -0.15) is 4.98 Å². The first-order valence-electron chi connectivity index (χ1n) is 9.50. The van der Waals surface area contributed by atoms with E-state index in [1.54, 1.807) is 12.5 Å². The van der Waals surface area contributed by atoms with Crippen molar-refractivity contribution in [3.8, 4) is 5.75 Å². The molecule has 0 bridgehead atoms. The first kappa shape index (κ1) is 17.7. The molecule has 3 aromatic rings. The molecule has 3 heterocycles. The fourth-order valence-corrected chi connectivity index (χ4v) is 3.52. The Morgan fingerprint density at radius 2 is 2.11 bits per heavy atom. The Hall–Kier alpha value is -2.67. The van der Waals surface area contributed by atoms with Crippen molar-refractivity contribution < 1.29 is 9.26 Å². The third-order valence-corrected chi connectivity index (χ3v) is 4.93. The molecule has 1 unspecified atom stereocenters. The van der Waals surface area contributed by atoms with Gasteiger partial charge in [0.2, 0.25) is 5.89 Å². The summed E-state index contributed by atoms with van der Waals surface area (Å²) in [4.78, 5) is 10.9. The lowest BCUT2D eigenvalue weighted by Crippen LogP contribution is -2.33. The topological polar surface area (TPSA) is 69.2 Å². The lowest BCUT2D eigenvalue weighted by Gasteiger charge is -2.33. The van der Waals surface area contributed by atoms with Gasteiger partial charge in [-0.15, -0.1) is 0 Å². The van der Waals surface area contributed by atoms with Crippen LogP contribution >= 0.6 is 0 Å². The van der Waals surface area contributed by atoms with Gasteiger partial charge in [0.05, 0.1) is 18.9 Å². The molecule has 1 atom stereocenters. The number of ether oxygens (including phenoxy) is 1. The van der Waals surface area contributed by atoms with Crippen molar-refractivity contribution in [3.63, 3.8) is 0 Å². The normalized spacial score (nSPS) is 17.9. The molecule has 0 amide bonds. The molecule has 0 aliphatic carbocycles. The minimum Gasteiger partial charge on any atom is -0.492 e. The molecule has 7 nitrogen and oxygen atoms in total. The number of piperidine rings is 1. The van der Waals surface area contributed by atoms with Gasteiger partial charge in [-0.25, -0.2) is 4.98 Å². The van der Waals surface area contributed by atoms with Crippen molar-refractivity contribution >= 4 is 0 Å². The van der Waals surface area contributed by atoms with Crippen molar-refractivity contribution in [1.29, 1.82) is 0 Å². The van der Waals surface area contributed by atoms with Gasteiger partial charge >= 0.3 is 0 Å². The van der Waals surface area contributed by atoms with Crippen LogP contribution < -0.4 is 4.74 Å². The maximum Gasteiger partial charge on any atom is 0.243 e. The molecule has 4 rings (SSSR count). The number of hydrogen-bond donors (Lipinski definition) is 0. The highest BCUT2D eigenvalue weighted by atomic mass is 16.5. The number of benzene rings is 1. The molecule has 1 fully saturated rings. The molecule has 27 heavy (non-hydrogen) atoms. The number of likely N-dealkylation sites (tertiary alicyclic amines) is 1. The number of nitrogens with zero attached hydrogens (tertiary/aromatic N) is 5. The van der Waals surface area contributed by atoms with Gasteiger partial charge in [0.25, 0.3) is 0 Å². The monoisotopic (exact) mass is 367 g/mol. The van der Waals surface area contributed by atoms with Gasteiger partial charge in [-0.1, -0.05) is 23.7 Å². The predicted molar refractivity (Wildman–Crippen MR) is 100 cm³/mol. The zero-order chi connectivity index (χ0) is 18.5. The van der Waals surface area contributed by atoms with Gasteiger partial charge in [-0.3, -0.25) is 4.90 Å². The average Bonchev–Trinajstić information content (AvgIpc) is 3.35. The summed E-state index contributed by atoms with van der Waals surface area (Å²) < 4.78 is 13.3. The van der Waals surface area contributed by atoms with E-state index in [1.807, 2.05) is 29.8 Å². The van der Waals surface area contributed by atoms with E-state index in [0.717, 1.165) is 37.7 Å². The van der Waals surface area contributed by atoms with E-state index in [2.05, 4.69) is 32.2 Å². The second-order valence-corrected chi connectivity index (χ2v) is 6.95. The largest absolute Gasteiger partial charge is 0.492 e. The van der Waals surface area contributed by atoms with Crippen molar-refractivity contribution in [1.82, 2.24) is 24.6 Å². The molecule has 0 radical (unpaired) electrons. The minimum atomic E-state index is 0.214. The molecular formula is C20H25N5O2. The summed E-state index contributed by atoms with van der Waals surface area (Å²) in [6, 6.07) is 8.57. The van der Waals surface area contributed by atoms with Crippen LogP contribution in [0.2, 0.25) is 0 Å². The first-order valence-corrected chi connectivity index (χ1v) is 9.50. The standard InChI is InChI=1S/C20H25N5O2/c1-16-22-20(27-23-16)19-4-2-3-10-25(19)14-17-5-7-18(8-6-17)26-13-12-24-11-9-21-15-24/h5-9,11,15,19H,2-4,10,12-14H2,1H3. The summed E-state index contributed by atoms with van der Waals surface area (Å²) >= 11 is 0. The lowest BCUT2D eigenvalue weighted by molar-refractivity contribution is 0.111. The molecule has 1 aliphatic rings. The van der Waals surface area contributed by atoms with Crippen LogP contribution in [0.3, 0.4) is 0 Å². The summed E-state index contributed by atoms with van der Waals surface area (Å²) in [7, 11) is 0. The van der Waals surface area contributed by atoms with Crippen LogP contribution in [0.4, 0.5) is 0 Å². The van der Waals surface area contributed by atoms with Gasteiger partial charge in [0.15, 0.2) is 5.82 Å². The molecule has 7 heteroatoms. The first-order chi connectivity index (χ1) is 13.3. The summed E-state index contributed by atoms with van der Waals surface area (Å²) in [6.07, 6.45) is 8.99. The molecule has 1 aromatic carbocycles. The minimum absolute atomic E-state index is 0.214. The number of hydrogen-bond acceptors (Lipinski definition) is 6. The third-order valence-electron chi connectivity index (χ3n) is 4.93. The van der Waals surface area contributed by atoms with Crippen LogP contribution in [0.5, 0.6) is 5.75 Å². The summed E-state index contributed by atoms with van der Waals surface area (Å²) in [6.45, 7) is 5.21. The van der Waals surface area contributed by atoms with Crippen LogP contribution in [0.25, 0.3) is 0 Å². The van der Waals surface area contributed by atoms with Crippen LogP contribution in [-0.4, -0.2) is 37.7 Å². The number of aromatic nitrogens is 4. The number of imidazole rings is 1. The van der Waals surface area contributed by atoms with Crippen molar-refractivity contribution in [3.05, 3.63) is 60.3 Å². The molecule has 1 aliphatic heterocycles. The second kappa shape index (κ2) is 8.35. The van der Waals surface area contributed by atoms with Crippen LogP contribution in [0.1, 0.15) is 42.6 Å². The lowest BCUT2D eigenvalue weighted by atomic mass is 10.0. The van der Waals surface area contributed by atoms with Crippen molar-refractivity contribution in [2.45, 2.75) is 45.3 Å². The van der Waals surface area contributed by atoms with Crippen molar-refractivity contribution in [2.75, 3.05) is 13.2 Å². The van der Waals surface area contributed by atoms with E-state index in [1.165, 1.54) is 18.4 Å². The summed E-state index contributed by atoms with van der Waals surface area (Å²) in [5.74, 6) is 2.33. The zero-order valence-electron chi connectivity index (χ0n) is 15.6. The van der Waals surface area contributed by atoms with Crippen molar-refractivity contribution in [2.24, 2.45) is 0 Å². The smallest absolute Gasteiger partial charge is 0.243 e. The molecule has 0 spiro atoms.